The maximum absolute atomic E-state index is 11.4. The highest BCUT2D eigenvalue weighted by Gasteiger charge is 2.22. The van der Waals surface area contributed by atoms with Crippen LogP contribution >= 0.6 is 0 Å². The van der Waals surface area contributed by atoms with Gasteiger partial charge in [0.15, 0.2) is 9.84 Å². The Bertz CT molecular complexity index is 595. The van der Waals surface area contributed by atoms with E-state index in [9.17, 15) is 8.42 Å². The number of ether oxygens (including phenoxy) is 1. The molecule has 2 heterocycles. The average Bonchev–Trinajstić information content (AvgIpc) is 2.91. The van der Waals surface area contributed by atoms with Gasteiger partial charge in [0.2, 0.25) is 0 Å². The summed E-state index contributed by atoms with van der Waals surface area (Å²) in [6, 6.07) is 0. The zero-order chi connectivity index (χ0) is 17.6. The fourth-order valence-electron chi connectivity index (χ4n) is 2.42. The van der Waals surface area contributed by atoms with E-state index in [1.807, 2.05) is 6.20 Å². The van der Waals surface area contributed by atoms with E-state index in [1.165, 1.54) is 0 Å². The first-order chi connectivity index (χ1) is 11.2. The molecular formula is C15H29N5O3S. The number of nitrogens with one attached hydrogen (secondary N) is 1. The SMILES string of the molecule is CC(C)(C)NCCOCCn1cc(CN2CCS(=O)(=O)CC2)nn1. The third-order valence-corrected chi connectivity index (χ3v) is 5.38. The first-order valence-corrected chi connectivity index (χ1v) is 10.2. The molecule has 0 amide bonds. The highest BCUT2D eigenvalue weighted by molar-refractivity contribution is 7.91. The summed E-state index contributed by atoms with van der Waals surface area (Å²) in [5, 5.41) is 11.6. The summed E-state index contributed by atoms with van der Waals surface area (Å²) < 4.78 is 30.2. The van der Waals surface area contributed by atoms with Crippen LogP contribution in [0.4, 0.5) is 0 Å². The third kappa shape index (κ3) is 7.25. The first-order valence-electron chi connectivity index (χ1n) is 8.38. The number of aromatic nitrogens is 3. The highest BCUT2D eigenvalue weighted by atomic mass is 32.2. The van der Waals surface area contributed by atoms with Gasteiger partial charge in [-0.15, -0.1) is 5.10 Å². The molecule has 1 N–H and O–H groups in total. The van der Waals surface area contributed by atoms with E-state index in [-0.39, 0.29) is 17.0 Å². The number of rotatable bonds is 8. The normalized spacial score (nSPS) is 18.8. The number of hydrogen-bond acceptors (Lipinski definition) is 7. The van der Waals surface area contributed by atoms with Crippen LogP contribution in [-0.2, 0) is 27.7 Å². The van der Waals surface area contributed by atoms with Crippen LogP contribution in [0.1, 0.15) is 26.5 Å². The number of sulfone groups is 1. The average molecular weight is 359 g/mol. The van der Waals surface area contributed by atoms with Crippen LogP contribution in [-0.4, -0.2) is 78.2 Å². The Morgan fingerprint density at radius 1 is 1.25 bits per heavy atom. The quantitative estimate of drug-likeness (QED) is 0.649. The molecule has 2 rings (SSSR count). The zero-order valence-electron chi connectivity index (χ0n) is 14.9. The second-order valence-electron chi connectivity index (χ2n) is 7.19. The second kappa shape index (κ2) is 8.37. The maximum Gasteiger partial charge on any atom is 0.152 e. The van der Waals surface area contributed by atoms with Crippen molar-refractivity contribution in [1.82, 2.24) is 25.2 Å². The van der Waals surface area contributed by atoms with Gasteiger partial charge in [0, 0.05) is 37.9 Å². The lowest BCUT2D eigenvalue weighted by molar-refractivity contribution is 0.120. The van der Waals surface area contributed by atoms with Gasteiger partial charge in [-0.3, -0.25) is 4.90 Å². The Morgan fingerprint density at radius 3 is 2.62 bits per heavy atom. The van der Waals surface area contributed by atoms with Crippen molar-refractivity contribution < 1.29 is 13.2 Å². The van der Waals surface area contributed by atoms with Gasteiger partial charge in [-0.2, -0.15) is 0 Å². The summed E-state index contributed by atoms with van der Waals surface area (Å²) in [6.07, 6.45) is 1.90. The minimum atomic E-state index is -2.84. The molecule has 1 aliphatic heterocycles. The summed E-state index contributed by atoms with van der Waals surface area (Å²) in [6.45, 7) is 10.9. The monoisotopic (exact) mass is 359 g/mol. The van der Waals surface area contributed by atoms with Crippen LogP contribution in [0.5, 0.6) is 0 Å². The topological polar surface area (TPSA) is 89.4 Å². The molecule has 1 saturated heterocycles. The molecule has 24 heavy (non-hydrogen) atoms. The molecule has 0 spiro atoms. The molecule has 1 aromatic heterocycles. The molecular weight excluding hydrogens is 330 g/mol. The molecule has 1 aromatic rings. The van der Waals surface area contributed by atoms with Crippen molar-refractivity contribution in [2.24, 2.45) is 0 Å². The molecule has 9 heteroatoms. The summed E-state index contributed by atoms with van der Waals surface area (Å²) >= 11 is 0. The van der Waals surface area contributed by atoms with E-state index in [4.69, 9.17) is 4.74 Å². The van der Waals surface area contributed by atoms with Crippen molar-refractivity contribution in [2.45, 2.75) is 39.4 Å². The van der Waals surface area contributed by atoms with Crippen molar-refractivity contribution in [2.75, 3.05) is 44.4 Å². The van der Waals surface area contributed by atoms with Crippen molar-refractivity contribution >= 4 is 9.84 Å². The lowest BCUT2D eigenvalue weighted by Crippen LogP contribution is -2.39. The van der Waals surface area contributed by atoms with Crippen LogP contribution in [0.2, 0.25) is 0 Å². The minimum absolute atomic E-state index is 0.109. The number of hydrogen-bond donors (Lipinski definition) is 1. The first kappa shape index (κ1) is 19.3. The Labute approximate surface area is 144 Å². The lowest BCUT2D eigenvalue weighted by Gasteiger charge is -2.25. The molecule has 1 aliphatic rings. The Morgan fingerprint density at radius 2 is 1.96 bits per heavy atom. The maximum atomic E-state index is 11.4. The van der Waals surface area contributed by atoms with Crippen LogP contribution in [0, 0.1) is 0 Å². The van der Waals surface area contributed by atoms with Gasteiger partial charge in [0.05, 0.1) is 37.0 Å². The van der Waals surface area contributed by atoms with Crippen molar-refractivity contribution in [3.05, 3.63) is 11.9 Å². The highest BCUT2D eigenvalue weighted by Crippen LogP contribution is 2.07. The van der Waals surface area contributed by atoms with Crippen molar-refractivity contribution in [1.29, 1.82) is 0 Å². The van der Waals surface area contributed by atoms with E-state index in [1.54, 1.807) is 4.68 Å². The molecule has 1 fully saturated rings. The molecule has 0 radical (unpaired) electrons. The number of nitrogens with zero attached hydrogens (tertiary/aromatic N) is 4. The Balaban J connectivity index is 1.63. The van der Waals surface area contributed by atoms with E-state index in [0.717, 1.165) is 12.2 Å². The van der Waals surface area contributed by atoms with Crippen LogP contribution in [0.15, 0.2) is 6.20 Å². The fraction of sp³-hybridized carbons (Fsp3) is 0.867. The van der Waals surface area contributed by atoms with Crippen LogP contribution in [0.3, 0.4) is 0 Å². The summed E-state index contributed by atoms with van der Waals surface area (Å²) in [5.74, 6) is 0.467. The van der Waals surface area contributed by atoms with Crippen molar-refractivity contribution in [3.63, 3.8) is 0 Å². The lowest BCUT2D eigenvalue weighted by atomic mass is 10.1. The third-order valence-electron chi connectivity index (χ3n) is 3.78. The molecule has 0 aromatic carbocycles. The molecule has 0 aliphatic carbocycles. The van der Waals surface area contributed by atoms with Gasteiger partial charge in [-0.05, 0) is 20.8 Å². The van der Waals surface area contributed by atoms with E-state index in [2.05, 4.69) is 41.3 Å². The van der Waals surface area contributed by atoms with Crippen LogP contribution < -0.4 is 5.32 Å². The van der Waals surface area contributed by atoms with Gasteiger partial charge < -0.3 is 10.1 Å². The standard InChI is InChI=1S/C15H29N5O3S/c1-15(2,3)16-4-8-23-9-5-20-13-14(17-18-20)12-19-6-10-24(21,22)11-7-19/h13,16H,4-12H2,1-3H3. The molecule has 8 nitrogen and oxygen atoms in total. The molecule has 138 valence electrons. The summed E-state index contributed by atoms with van der Waals surface area (Å²) in [7, 11) is -2.84. The summed E-state index contributed by atoms with van der Waals surface area (Å²) in [5.41, 5.74) is 0.974. The Hall–Kier alpha value is -1.03. The predicted molar refractivity (Wildman–Crippen MR) is 92.5 cm³/mol. The van der Waals surface area contributed by atoms with Gasteiger partial charge in [0.1, 0.15) is 0 Å². The smallest absolute Gasteiger partial charge is 0.152 e. The van der Waals surface area contributed by atoms with Gasteiger partial charge in [-0.1, -0.05) is 5.21 Å². The van der Waals surface area contributed by atoms with Gasteiger partial charge in [0.25, 0.3) is 0 Å². The van der Waals surface area contributed by atoms with Gasteiger partial charge in [-0.25, -0.2) is 13.1 Å². The molecule has 0 saturated carbocycles. The van der Waals surface area contributed by atoms with Crippen molar-refractivity contribution in [3.8, 4) is 0 Å². The molecule has 0 unspecified atom stereocenters. The Kier molecular flexibility index (Phi) is 6.73. The van der Waals surface area contributed by atoms with Crippen LogP contribution in [0.25, 0.3) is 0 Å². The zero-order valence-corrected chi connectivity index (χ0v) is 15.7. The largest absolute Gasteiger partial charge is 0.378 e. The second-order valence-corrected chi connectivity index (χ2v) is 9.49. The van der Waals surface area contributed by atoms with E-state index in [0.29, 0.717) is 39.4 Å². The predicted octanol–water partition coefficient (Wildman–Crippen LogP) is -0.0868. The fourth-order valence-corrected chi connectivity index (χ4v) is 3.69. The van der Waals surface area contributed by atoms with E-state index < -0.39 is 9.84 Å². The molecule has 0 atom stereocenters. The summed E-state index contributed by atoms with van der Waals surface area (Å²) in [4.78, 5) is 2.10. The minimum Gasteiger partial charge on any atom is -0.378 e. The van der Waals surface area contributed by atoms with E-state index >= 15 is 0 Å². The van der Waals surface area contributed by atoms with Gasteiger partial charge >= 0.3 is 0 Å². The molecule has 0 bridgehead atoms.